The molecule has 2 heteroatoms. The molecule has 4 unspecified atom stereocenters. The van der Waals surface area contributed by atoms with Crippen LogP contribution in [-0.2, 0) is 21.0 Å². The third-order valence-electron chi connectivity index (χ3n) is 11.6. The molecule has 0 N–H and O–H groups in total. The summed E-state index contributed by atoms with van der Waals surface area (Å²) in [6, 6.07) is 68.5. The van der Waals surface area contributed by atoms with E-state index in [9.17, 15) is 0 Å². The van der Waals surface area contributed by atoms with Crippen LogP contribution in [0.3, 0.4) is 0 Å². The smallest absolute Gasteiger partial charge is 0.161 e. The summed E-state index contributed by atoms with van der Waals surface area (Å²) in [6.45, 7) is 0. The molecule has 258 valence electrons. The Balaban J connectivity index is 0.000000134. The summed E-state index contributed by atoms with van der Waals surface area (Å²) in [4.78, 5) is 12.8. The van der Waals surface area contributed by atoms with Crippen LogP contribution >= 0.6 is 0 Å². The Kier molecular flexibility index (Phi) is 7.95. The fraction of sp³-hybridized carbons (Fsp3) is 0.0769. The summed E-state index contributed by atoms with van der Waals surface area (Å²) in [5, 5.41) is 5.21. The molecule has 2 bridgehead atoms. The first-order valence-corrected chi connectivity index (χ1v) is 18.8. The molecule has 0 spiro atoms. The van der Waals surface area contributed by atoms with Crippen LogP contribution in [0.25, 0.3) is 43.8 Å². The van der Waals surface area contributed by atoms with E-state index >= 15 is 0 Å². The van der Waals surface area contributed by atoms with Gasteiger partial charge in [0, 0.05) is 11.8 Å². The fourth-order valence-electron chi connectivity index (χ4n) is 9.33. The van der Waals surface area contributed by atoms with Gasteiger partial charge in [0.15, 0.2) is 11.2 Å². The number of hydrogen-bond donors (Lipinski definition) is 0. The molecule has 1 saturated heterocycles. The average Bonchev–Trinajstić information content (AvgIpc) is 3.27. The molecule has 4 aliphatic rings. The Bertz CT molecular complexity index is 2420. The molecule has 54 heavy (non-hydrogen) atoms. The lowest BCUT2D eigenvalue weighted by molar-refractivity contribution is -0.464. The van der Waals surface area contributed by atoms with E-state index in [1.165, 1.54) is 54.9 Å². The van der Waals surface area contributed by atoms with Crippen LogP contribution in [0.15, 0.2) is 218 Å². The lowest BCUT2D eigenvalue weighted by atomic mass is 9.54. The molecular formula is C52H38O2. The summed E-state index contributed by atoms with van der Waals surface area (Å²) in [5.41, 5.74) is 8.49. The van der Waals surface area contributed by atoms with E-state index in [2.05, 4.69) is 206 Å². The van der Waals surface area contributed by atoms with Gasteiger partial charge in [-0.15, -0.1) is 0 Å². The maximum Gasteiger partial charge on any atom is 0.161 e. The summed E-state index contributed by atoms with van der Waals surface area (Å²) < 4.78 is 0. The quantitative estimate of drug-likeness (QED) is 0.135. The minimum atomic E-state index is -0.652. The van der Waals surface area contributed by atoms with Crippen molar-refractivity contribution >= 4 is 21.5 Å². The highest BCUT2D eigenvalue weighted by atomic mass is 17.2. The van der Waals surface area contributed by atoms with Gasteiger partial charge in [-0.05, 0) is 66.1 Å². The van der Waals surface area contributed by atoms with Crippen LogP contribution in [-0.4, -0.2) is 0 Å². The molecule has 1 fully saturated rings. The van der Waals surface area contributed by atoms with Gasteiger partial charge in [0.25, 0.3) is 0 Å². The highest BCUT2D eigenvalue weighted by Crippen LogP contribution is 2.64. The molecular weight excluding hydrogens is 657 g/mol. The predicted octanol–water partition coefficient (Wildman–Crippen LogP) is 12.8. The van der Waals surface area contributed by atoms with E-state index in [-0.39, 0.29) is 11.8 Å². The summed E-state index contributed by atoms with van der Waals surface area (Å²) in [6.07, 6.45) is 8.84. The molecule has 8 aromatic carbocycles. The number of hydrogen-bond acceptors (Lipinski definition) is 2. The average molecular weight is 695 g/mol. The van der Waals surface area contributed by atoms with Gasteiger partial charge in [0.1, 0.15) is 0 Å². The standard InChI is InChI=1S/C26H20O2.C26H18/c1-3-11-19(12-4-1)25-21-15-7-9-17-23(21)26(28-27-25,20-13-5-2-6-14-20)24-18-10-8-16-22(24)25;1-3-11-19(12-4-1)25-21-15-7-9-17-23(21)26(20-13-5-2-6-14-20)24-18-10-8-16-22(24)25/h1-18,21,23H;1-18H. The summed E-state index contributed by atoms with van der Waals surface area (Å²) >= 11 is 0. The van der Waals surface area contributed by atoms with Gasteiger partial charge in [0.2, 0.25) is 0 Å². The zero-order chi connectivity index (χ0) is 36.0. The molecule has 8 aromatic rings. The highest BCUT2D eigenvalue weighted by Gasteiger charge is 2.66. The first kappa shape index (κ1) is 32.3. The van der Waals surface area contributed by atoms with Crippen molar-refractivity contribution in [2.45, 2.75) is 11.2 Å². The van der Waals surface area contributed by atoms with Crippen molar-refractivity contribution in [2.75, 3.05) is 0 Å². The van der Waals surface area contributed by atoms with E-state index in [0.29, 0.717) is 0 Å². The van der Waals surface area contributed by atoms with Crippen LogP contribution < -0.4 is 0 Å². The number of rotatable bonds is 4. The molecule has 0 saturated carbocycles. The molecule has 2 aliphatic carbocycles. The van der Waals surface area contributed by atoms with Crippen molar-refractivity contribution in [1.29, 1.82) is 0 Å². The van der Waals surface area contributed by atoms with Crippen LogP contribution in [0.2, 0.25) is 0 Å². The summed E-state index contributed by atoms with van der Waals surface area (Å²) in [7, 11) is 0. The molecule has 4 atom stereocenters. The van der Waals surface area contributed by atoms with Crippen molar-refractivity contribution in [2.24, 2.45) is 11.8 Å². The second-order valence-electron chi connectivity index (χ2n) is 14.3. The number of allylic oxidation sites excluding steroid dienone is 2. The van der Waals surface area contributed by atoms with Crippen molar-refractivity contribution in [3.8, 4) is 22.3 Å². The van der Waals surface area contributed by atoms with Crippen molar-refractivity contribution in [3.05, 3.63) is 241 Å². The molecule has 2 heterocycles. The van der Waals surface area contributed by atoms with Crippen LogP contribution in [0.1, 0.15) is 22.3 Å². The lowest BCUT2D eigenvalue weighted by Gasteiger charge is -2.60. The van der Waals surface area contributed by atoms with E-state index in [4.69, 9.17) is 9.78 Å². The predicted molar refractivity (Wildman–Crippen MR) is 221 cm³/mol. The van der Waals surface area contributed by atoms with Gasteiger partial charge in [-0.25, -0.2) is 9.78 Å². The Hall–Kier alpha value is -6.32. The van der Waals surface area contributed by atoms with Gasteiger partial charge in [-0.3, -0.25) is 0 Å². The van der Waals surface area contributed by atoms with E-state index in [0.717, 1.165) is 11.1 Å². The Morgan fingerprint density at radius 1 is 0.315 bits per heavy atom. The van der Waals surface area contributed by atoms with Crippen molar-refractivity contribution < 1.29 is 9.78 Å². The Morgan fingerprint density at radius 2 is 0.611 bits per heavy atom. The maximum atomic E-state index is 6.42. The maximum absolute atomic E-state index is 6.42. The number of fused-ring (bicyclic) bond motifs is 3. The fourth-order valence-corrected chi connectivity index (χ4v) is 9.33. The summed E-state index contributed by atoms with van der Waals surface area (Å²) in [5.74, 6) is 0.285. The third-order valence-corrected chi connectivity index (χ3v) is 11.6. The van der Waals surface area contributed by atoms with Gasteiger partial charge in [0.05, 0.1) is 0 Å². The van der Waals surface area contributed by atoms with Gasteiger partial charge in [-0.1, -0.05) is 218 Å². The Labute approximate surface area is 316 Å². The monoisotopic (exact) mass is 694 g/mol. The second kappa shape index (κ2) is 13.3. The van der Waals surface area contributed by atoms with Crippen LogP contribution in [0.5, 0.6) is 0 Å². The topological polar surface area (TPSA) is 18.5 Å². The van der Waals surface area contributed by atoms with Crippen molar-refractivity contribution in [1.82, 2.24) is 0 Å². The van der Waals surface area contributed by atoms with Gasteiger partial charge < -0.3 is 0 Å². The molecule has 0 radical (unpaired) electrons. The van der Waals surface area contributed by atoms with Crippen LogP contribution in [0.4, 0.5) is 0 Å². The Morgan fingerprint density at radius 3 is 0.963 bits per heavy atom. The zero-order valence-corrected chi connectivity index (χ0v) is 29.8. The molecule has 2 nitrogen and oxygen atoms in total. The molecule has 2 aliphatic heterocycles. The zero-order valence-electron chi connectivity index (χ0n) is 29.8. The van der Waals surface area contributed by atoms with E-state index in [1.54, 1.807) is 0 Å². The highest BCUT2D eigenvalue weighted by molar-refractivity contribution is 6.21. The van der Waals surface area contributed by atoms with Crippen LogP contribution in [0, 0.1) is 11.8 Å². The minimum Gasteiger partial charge on any atom is -0.218 e. The number of benzene rings is 8. The van der Waals surface area contributed by atoms with Gasteiger partial charge in [-0.2, -0.15) is 0 Å². The normalized spacial score (nSPS) is 21.9. The molecule has 12 rings (SSSR count). The second-order valence-corrected chi connectivity index (χ2v) is 14.3. The van der Waals surface area contributed by atoms with Gasteiger partial charge >= 0.3 is 0 Å². The minimum absolute atomic E-state index is 0.142. The first-order valence-electron chi connectivity index (χ1n) is 18.8. The molecule has 0 amide bonds. The van der Waals surface area contributed by atoms with Crippen molar-refractivity contribution in [3.63, 3.8) is 0 Å². The SMILES string of the molecule is C1=CC2C(C=C1)C1(c3ccccc3)OOC2(c2ccccc2)c2ccccc21.c1ccc(-c2c3ccccc3c(-c3ccccc3)c3ccccc23)cc1. The third kappa shape index (κ3) is 4.88. The lowest BCUT2D eigenvalue weighted by Crippen LogP contribution is -2.62. The van der Waals surface area contributed by atoms with E-state index in [1.807, 2.05) is 12.1 Å². The first-order chi connectivity index (χ1) is 26.8. The van der Waals surface area contributed by atoms with E-state index < -0.39 is 11.2 Å². The largest absolute Gasteiger partial charge is 0.218 e. The molecule has 0 aromatic heterocycles.